The van der Waals surface area contributed by atoms with Crippen molar-refractivity contribution in [2.24, 2.45) is 0 Å². The van der Waals surface area contributed by atoms with E-state index in [0.717, 1.165) is 26.3 Å². The maximum Gasteiger partial charge on any atom is 0.341 e. The number of hydrogen-bond donors (Lipinski definition) is 1. The van der Waals surface area contributed by atoms with E-state index in [2.05, 4.69) is 12.1 Å². The minimum absolute atomic E-state index is 0.213. The molecule has 1 aromatic heterocycles. The molecular weight excluding hydrogens is 370 g/mol. The molecule has 138 valence electrons. The zero-order chi connectivity index (χ0) is 19.5. The Morgan fingerprint density at radius 1 is 0.857 bits per heavy atom. The van der Waals surface area contributed by atoms with Crippen LogP contribution in [0.3, 0.4) is 0 Å². The lowest BCUT2D eigenvalue weighted by Crippen LogP contribution is -2.27. The second-order valence-corrected chi connectivity index (χ2v) is 7.52. The van der Waals surface area contributed by atoms with Crippen LogP contribution < -0.4 is 5.56 Å². The number of pyridine rings is 1. The molecule has 0 saturated heterocycles. The number of aromatic nitrogens is 1. The van der Waals surface area contributed by atoms with E-state index in [-0.39, 0.29) is 5.56 Å². The largest absolute Gasteiger partial charge is 0.477 e. The minimum atomic E-state index is -1.21. The van der Waals surface area contributed by atoms with Crippen LogP contribution in [-0.2, 0) is 6.54 Å². The molecule has 0 saturated carbocycles. The molecule has 3 aromatic carbocycles. The summed E-state index contributed by atoms with van der Waals surface area (Å²) in [6.45, 7) is 0.316. The van der Waals surface area contributed by atoms with Crippen LogP contribution in [0.1, 0.15) is 15.9 Å². The van der Waals surface area contributed by atoms with Gasteiger partial charge in [0, 0.05) is 9.79 Å². The number of rotatable bonds is 5. The molecule has 0 aliphatic carbocycles. The number of carboxylic acids is 1. The Labute approximate surface area is 166 Å². The predicted octanol–water partition coefficient (Wildman–Crippen LogP) is 4.90. The van der Waals surface area contributed by atoms with Crippen LogP contribution in [0.5, 0.6) is 0 Å². The first-order valence-corrected chi connectivity index (χ1v) is 9.61. The van der Waals surface area contributed by atoms with Crippen molar-refractivity contribution in [3.63, 3.8) is 0 Å². The van der Waals surface area contributed by atoms with Crippen molar-refractivity contribution in [1.29, 1.82) is 0 Å². The molecule has 0 bridgehead atoms. The fraction of sp³-hybridized carbons (Fsp3) is 0.0435. The van der Waals surface area contributed by atoms with Crippen LogP contribution in [0, 0.1) is 0 Å². The van der Waals surface area contributed by atoms with Gasteiger partial charge in [-0.15, -0.1) is 0 Å². The van der Waals surface area contributed by atoms with Gasteiger partial charge in [0.2, 0.25) is 0 Å². The van der Waals surface area contributed by atoms with Crippen molar-refractivity contribution in [3.8, 4) is 0 Å². The first-order chi connectivity index (χ1) is 13.6. The molecule has 0 fully saturated rings. The average Bonchev–Trinajstić information content (AvgIpc) is 2.72. The maximum absolute atomic E-state index is 12.7. The third kappa shape index (κ3) is 3.70. The molecule has 4 nitrogen and oxygen atoms in total. The van der Waals surface area contributed by atoms with E-state index < -0.39 is 11.5 Å². The van der Waals surface area contributed by atoms with E-state index >= 15 is 0 Å². The van der Waals surface area contributed by atoms with Crippen LogP contribution in [0.4, 0.5) is 0 Å². The van der Waals surface area contributed by atoms with Crippen molar-refractivity contribution in [1.82, 2.24) is 4.57 Å². The van der Waals surface area contributed by atoms with E-state index in [0.29, 0.717) is 6.54 Å². The number of carboxylic acid groups (broad SMARTS) is 1. The highest BCUT2D eigenvalue weighted by Gasteiger charge is 2.14. The highest BCUT2D eigenvalue weighted by Crippen LogP contribution is 2.27. The van der Waals surface area contributed by atoms with Crippen molar-refractivity contribution >= 4 is 28.6 Å². The first-order valence-electron chi connectivity index (χ1n) is 8.79. The van der Waals surface area contributed by atoms with Gasteiger partial charge < -0.3 is 9.67 Å². The van der Waals surface area contributed by atoms with E-state index in [1.165, 1.54) is 10.6 Å². The van der Waals surface area contributed by atoms with Crippen LogP contribution in [0.25, 0.3) is 10.9 Å². The molecule has 0 aliphatic heterocycles. The van der Waals surface area contributed by atoms with Gasteiger partial charge in [-0.25, -0.2) is 4.79 Å². The molecule has 5 heteroatoms. The van der Waals surface area contributed by atoms with Gasteiger partial charge in [-0.3, -0.25) is 4.79 Å². The molecule has 28 heavy (non-hydrogen) atoms. The number of fused-ring (bicyclic) bond motifs is 1. The van der Waals surface area contributed by atoms with Gasteiger partial charge >= 0.3 is 5.97 Å². The summed E-state index contributed by atoms with van der Waals surface area (Å²) in [5.74, 6) is -1.21. The van der Waals surface area contributed by atoms with E-state index in [1.807, 2.05) is 66.7 Å². The molecule has 4 aromatic rings. The third-order valence-electron chi connectivity index (χ3n) is 4.48. The topological polar surface area (TPSA) is 59.3 Å². The molecule has 0 radical (unpaired) electrons. The standard InChI is InChI=1S/C23H17NO3S/c25-22-20(23(26)27)14-17-6-4-5-9-21(17)24(22)15-16-10-12-19(13-11-16)28-18-7-2-1-3-8-18/h1-14H,15H2,(H,26,27). The molecule has 0 aliphatic rings. The predicted molar refractivity (Wildman–Crippen MR) is 111 cm³/mol. The van der Waals surface area contributed by atoms with Crippen molar-refractivity contribution in [2.75, 3.05) is 0 Å². The van der Waals surface area contributed by atoms with Crippen LogP contribution >= 0.6 is 11.8 Å². The fourth-order valence-corrected chi connectivity index (χ4v) is 3.95. The van der Waals surface area contributed by atoms with Crippen LogP contribution in [0.2, 0.25) is 0 Å². The number of para-hydroxylation sites is 1. The Bertz CT molecular complexity index is 1200. The Morgan fingerprint density at radius 2 is 1.50 bits per heavy atom. The number of hydrogen-bond acceptors (Lipinski definition) is 3. The molecule has 1 heterocycles. The summed E-state index contributed by atoms with van der Waals surface area (Å²) in [4.78, 5) is 26.4. The van der Waals surface area contributed by atoms with Gasteiger partial charge in [-0.2, -0.15) is 0 Å². The van der Waals surface area contributed by atoms with Gasteiger partial charge in [-0.1, -0.05) is 60.3 Å². The normalized spacial score (nSPS) is 10.9. The van der Waals surface area contributed by atoms with E-state index in [9.17, 15) is 14.7 Å². The van der Waals surface area contributed by atoms with E-state index in [1.54, 1.807) is 11.8 Å². The van der Waals surface area contributed by atoms with Gasteiger partial charge in [0.1, 0.15) is 5.56 Å². The molecule has 0 atom stereocenters. The van der Waals surface area contributed by atoms with Gasteiger partial charge in [0.05, 0.1) is 12.1 Å². The van der Waals surface area contributed by atoms with Gasteiger partial charge in [0.15, 0.2) is 0 Å². The molecular formula is C23H17NO3S. The summed E-state index contributed by atoms with van der Waals surface area (Å²) in [5.41, 5.74) is 0.955. The number of aromatic carboxylic acids is 1. The third-order valence-corrected chi connectivity index (χ3v) is 5.49. The second-order valence-electron chi connectivity index (χ2n) is 6.37. The minimum Gasteiger partial charge on any atom is -0.477 e. The fourth-order valence-electron chi connectivity index (χ4n) is 3.11. The number of benzene rings is 3. The maximum atomic E-state index is 12.7. The lowest BCUT2D eigenvalue weighted by Gasteiger charge is -2.12. The van der Waals surface area contributed by atoms with Crippen molar-refractivity contribution in [3.05, 3.63) is 106 Å². The van der Waals surface area contributed by atoms with Crippen molar-refractivity contribution in [2.45, 2.75) is 16.3 Å². The summed E-state index contributed by atoms with van der Waals surface area (Å²) >= 11 is 1.67. The molecule has 0 amide bonds. The number of carbonyl (C=O) groups is 1. The number of nitrogens with zero attached hydrogens (tertiary/aromatic N) is 1. The monoisotopic (exact) mass is 387 g/mol. The van der Waals surface area contributed by atoms with Crippen LogP contribution in [-0.4, -0.2) is 15.6 Å². The zero-order valence-electron chi connectivity index (χ0n) is 14.9. The van der Waals surface area contributed by atoms with E-state index in [4.69, 9.17) is 0 Å². The van der Waals surface area contributed by atoms with Gasteiger partial charge in [0.25, 0.3) is 5.56 Å². The average molecular weight is 387 g/mol. The zero-order valence-corrected chi connectivity index (χ0v) is 15.7. The summed E-state index contributed by atoms with van der Waals surface area (Å²) < 4.78 is 1.53. The Balaban J connectivity index is 1.67. The summed E-state index contributed by atoms with van der Waals surface area (Å²) in [5, 5.41) is 10.1. The lowest BCUT2D eigenvalue weighted by molar-refractivity contribution is 0.0694. The Kier molecular flexibility index (Phi) is 5.00. The smallest absolute Gasteiger partial charge is 0.341 e. The highest BCUT2D eigenvalue weighted by molar-refractivity contribution is 7.99. The Hall–Kier alpha value is -3.31. The van der Waals surface area contributed by atoms with Crippen LogP contribution in [0.15, 0.2) is 99.5 Å². The highest BCUT2D eigenvalue weighted by atomic mass is 32.2. The van der Waals surface area contributed by atoms with Crippen molar-refractivity contribution < 1.29 is 9.90 Å². The quantitative estimate of drug-likeness (QED) is 0.529. The molecule has 1 N–H and O–H groups in total. The molecule has 4 rings (SSSR count). The van der Waals surface area contributed by atoms with Gasteiger partial charge in [-0.05, 0) is 47.3 Å². The SMILES string of the molecule is O=C(O)c1cc2ccccc2n(Cc2ccc(Sc3ccccc3)cc2)c1=O. The molecule has 0 spiro atoms. The molecule has 0 unspecified atom stereocenters. The lowest BCUT2D eigenvalue weighted by atomic mass is 10.1. The summed E-state index contributed by atoms with van der Waals surface area (Å²) in [6, 6.07) is 26.9. The summed E-state index contributed by atoms with van der Waals surface area (Å²) in [6.07, 6.45) is 0. The first kappa shape index (κ1) is 18.1. The Morgan fingerprint density at radius 3 is 2.21 bits per heavy atom. The summed E-state index contributed by atoms with van der Waals surface area (Å²) in [7, 11) is 0. The second kappa shape index (κ2) is 7.74.